The van der Waals surface area contributed by atoms with E-state index in [2.05, 4.69) is 31.4 Å². The van der Waals surface area contributed by atoms with Crippen LogP contribution in [0.15, 0.2) is 94.3 Å². The van der Waals surface area contributed by atoms with Crippen LogP contribution in [0.2, 0.25) is 0 Å². The number of hydrogen-bond acceptors (Lipinski definition) is 6. The fourth-order valence-corrected chi connectivity index (χ4v) is 6.22. The summed E-state index contributed by atoms with van der Waals surface area (Å²) in [6.45, 7) is 5.41. The summed E-state index contributed by atoms with van der Waals surface area (Å²) in [5.41, 5.74) is 1.60. The SMILES string of the molecule is Cc1cc(C(=O)N2Cc3c(C(=O)NCc4ccccc4-c4cccnn4)n(-c4ccc(OCC(C)(C)C(F)(F)F)cc4)c(=O)n3C[C@H]2C)ccc1Br. The number of hydrogen-bond donors (Lipinski definition) is 1. The molecular formula is C38H36BrF3N6O4. The fourth-order valence-electron chi connectivity index (χ4n) is 5.97. The average Bonchev–Trinajstić information content (AvgIpc) is 3.41. The van der Waals surface area contributed by atoms with E-state index in [1.54, 1.807) is 35.4 Å². The maximum Gasteiger partial charge on any atom is 0.397 e. The number of aromatic nitrogens is 4. The summed E-state index contributed by atoms with van der Waals surface area (Å²) in [5.74, 6) is -0.643. The van der Waals surface area contributed by atoms with Crippen molar-refractivity contribution in [2.45, 2.75) is 59.5 Å². The summed E-state index contributed by atoms with van der Waals surface area (Å²) < 4.78 is 49.4. The van der Waals surface area contributed by atoms with Gasteiger partial charge < -0.3 is 15.0 Å². The van der Waals surface area contributed by atoms with Gasteiger partial charge in [-0.3, -0.25) is 18.7 Å². The lowest BCUT2D eigenvalue weighted by atomic mass is 9.94. The first-order valence-corrected chi connectivity index (χ1v) is 17.3. The highest BCUT2D eigenvalue weighted by atomic mass is 79.9. The van der Waals surface area contributed by atoms with Crippen LogP contribution in [0.25, 0.3) is 16.9 Å². The Morgan fingerprint density at radius 1 is 1.02 bits per heavy atom. The summed E-state index contributed by atoms with van der Waals surface area (Å²) in [6.07, 6.45) is -2.90. The van der Waals surface area contributed by atoms with E-state index in [9.17, 15) is 27.6 Å². The van der Waals surface area contributed by atoms with Crippen LogP contribution < -0.4 is 15.7 Å². The van der Waals surface area contributed by atoms with Gasteiger partial charge in [-0.25, -0.2) is 4.79 Å². The first-order valence-electron chi connectivity index (χ1n) is 16.5. The van der Waals surface area contributed by atoms with Gasteiger partial charge in [0.15, 0.2) is 0 Å². The molecule has 3 aromatic carbocycles. The molecule has 0 aliphatic carbocycles. The van der Waals surface area contributed by atoms with Gasteiger partial charge in [0, 0.05) is 40.9 Å². The highest BCUT2D eigenvalue weighted by molar-refractivity contribution is 9.10. The number of carbonyl (C=O) groups is 2. The molecule has 0 radical (unpaired) electrons. The van der Waals surface area contributed by atoms with E-state index in [0.29, 0.717) is 22.6 Å². The van der Waals surface area contributed by atoms with Crippen LogP contribution in [0.3, 0.4) is 0 Å². The molecule has 5 aromatic rings. The highest BCUT2D eigenvalue weighted by Gasteiger charge is 2.48. The molecular weight excluding hydrogens is 741 g/mol. The van der Waals surface area contributed by atoms with Gasteiger partial charge >= 0.3 is 11.9 Å². The first kappa shape index (κ1) is 36.5. The normalized spacial score (nSPS) is 14.5. The molecule has 0 bridgehead atoms. The zero-order valence-corrected chi connectivity index (χ0v) is 30.5. The monoisotopic (exact) mass is 776 g/mol. The summed E-state index contributed by atoms with van der Waals surface area (Å²) in [5, 5.41) is 11.1. The minimum Gasteiger partial charge on any atom is -0.493 e. The molecule has 1 atom stereocenters. The number of nitrogens with zero attached hydrogens (tertiary/aromatic N) is 5. The van der Waals surface area contributed by atoms with Crippen LogP contribution in [0.1, 0.15) is 58.4 Å². The molecule has 0 saturated heterocycles. The summed E-state index contributed by atoms with van der Waals surface area (Å²) >= 11 is 3.47. The van der Waals surface area contributed by atoms with Gasteiger partial charge in [-0.1, -0.05) is 40.2 Å². The lowest BCUT2D eigenvalue weighted by Gasteiger charge is -2.34. The molecule has 1 aliphatic rings. The minimum atomic E-state index is -4.47. The van der Waals surface area contributed by atoms with Gasteiger partial charge in [-0.05, 0) is 93.4 Å². The van der Waals surface area contributed by atoms with Gasteiger partial charge in [-0.2, -0.15) is 23.4 Å². The van der Waals surface area contributed by atoms with Crippen LogP contribution in [0, 0.1) is 12.3 Å². The number of rotatable bonds is 9. The number of alkyl halides is 3. The average molecular weight is 778 g/mol. The van der Waals surface area contributed by atoms with Crippen molar-refractivity contribution in [1.82, 2.24) is 29.5 Å². The maximum absolute atomic E-state index is 14.3. The quantitative estimate of drug-likeness (QED) is 0.171. The number of benzene rings is 3. The van der Waals surface area contributed by atoms with Crippen LogP contribution in [-0.2, 0) is 19.6 Å². The van der Waals surface area contributed by atoms with E-state index in [1.807, 2.05) is 44.2 Å². The number of imidazole rings is 1. The Morgan fingerprint density at radius 3 is 2.42 bits per heavy atom. The highest BCUT2D eigenvalue weighted by Crippen LogP contribution is 2.38. The lowest BCUT2D eigenvalue weighted by molar-refractivity contribution is -0.219. The molecule has 14 heteroatoms. The predicted molar refractivity (Wildman–Crippen MR) is 192 cm³/mol. The van der Waals surface area contributed by atoms with E-state index in [4.69, 9.17) is 4.74 Å². The molecule has 0 saturated carbocycles. The molecule has 0 unspecified atom stereocenters. The Labute approximate surface area is 306 Å². The van der Waals surface area contributed by atoms with Gasteiger partial charge in [-0.15, -0.1) is 0 Å². The third-order valence-corrected chi connectivity index (χ3v) is 10.1. The van der Waals surface area contributed by atoms with Crippen LogP contribution >= 0.6 is 15.9 Å². The Kier molecular flexibility index (Phi) is 10.1. The Balaban J connectivity index is 1.37. The number of ether oxygens (including phenoxy) is 1. The molecule has 3 heterocycles. The number of amides is 2. The second-order valence-electron chi connectivity index (χ2n) is 13.4. The van der Waals surface area contributed by atoms with E-state index in [0.717, 1.165) is 35.0 Å². The van der Waals surface area contributed by atoms with Crippen LogP contribution in [0.5, 0.6) is 5.75 Å². The number of fused-ring (bicyclic) bond motifs is 1. The number of halogens is 4. The minimum absolute atomic E-state index is 0.0238. The zero-order chi connectivity index (χ0) is 37.4. The van der Waals surface area contributed by atoms with Crippen molar-refractivity contribution in [3.63, 3.8) is 0 Å². The maximum atomic E-state index is 14.3. The van der Waals surface area contributed by atoms with Gasteiger partial charge in [0.05, 0.1) is 29.0 Å². The van der Waals surface area contributed by atoms with Crippen LogP contribution in [0.4, 0.5) is 13.2 Å². The van der Waals surface area contributed by atoms with Crippen molar-refractivity contribution in [1.29, 1.82) is 0 Å². The molecule has 1 aliphatic heterocycles. The predicted octanol–water partition coefficient (Wildman–Crippen LogP) is 7.11. The fraction of sp³-hybridized carbons (Fsp3) is 0.289. The van der Waals surface area contributed by atoms with Crippen molar-refractivity contribution in [3.8, 4) is 22.7 Å². The van der Waals surface area contributed by atoms with Crippen molar-refractivity contribution in [3.05, 3.63) is 128 Å². The molecule has 1 N–H and O–H groups in total. The summed E-state index contributed by atoms with van der Waals surface area (Å²) in [7, 11) is 0. The molecule has 10 nitrogen and oxygen atoms in total. The lowest BCUT2D eigenvalue weighted by Crippen LogP contribution is -2.47. The number of carbonyl (C=O) groups excluding carboxylic acids is 2. The second kappa shape index (κ2) is 14.4. The van der Waals surface area contributed by atoms with Gasteiger partial charge in [0.1, 0.15) is 18.1 Å². The van der Waals surface area contributed by atoms with Crippen LogP contribution in [-0.4, -0.2) is 54.9 Å². The van der Waals surface area contributed by atoms with Crippen molar-refractivity contribution in [2.75, 3.05) is 6.61 Å². The summed E-state index contributed by atoms with van der Waals surface area (Å²) in [4.78, 5) is 43.9. The molecule has 270 valence electrons. The molecule has 2 amide bonds. The van der Waals surface area contributed by atoms with Gasteiger partial charge in [0.2, 0.25) is 0 Å². The van der Waals surface area contributed by atoms with Gasteiger partial charge in [0.25, 0.3) is 11.8 Å². The topological polar surface area (TPSA) is 111 Å². The number of aryl methyl sites for hydroxylation is 1. The van der Waals surface area contributed by atoms with Crippen molar-refractivity contribution >= 4 is 27.7 Å². The molecule has 0 spiro atoms. The number of nitrogens with one attached hydrogen (secondary N) is 1. The third kappa shape index (κ3) is 7.25. The standard InChI is InChI=1S/C38H36BrF3N6O4/c1-23-18-25(11-16-30(23)39)35(50)46-21-32-33(34(49)43-19-26-8-5-6-9-29(26)31-10-7-17-44-45-31)48(36(51)47(32)20-24(46)2)27-12-14-28(15-13-27)52-22-37(3,4)38(40,41)42/h5-18,24H,19-22H2,1-4H3,(H,43,49)/t24-/m1/s1. The first-order chi connectivity index (χ1) is 24.7. The molecule has 52 heavy (non-hydrogen) atoms. The molecule has 6 rings (SSSR count). The van der Waals surface area contributed by atoms with E-state index in [1.165, 1.54) is 33.4 Å². The Hall–Kier alpha value is -5.24. The largest absolute Gasteiger partial charge is 0.493 e. The van der Waals surface area contributed by atoms with E-state index in [-0.39, 0.29) is 43.0 Å². The Morgan fingerprint density at radius 2 is 1.75 bits per heavy atom. The van der Waals surface area contributed by atoms with E-state index >= 15 is 0 Å². The second-order valence-corrected chi connectivity index (χ2v) is 14.2. The third-order valence-electron chi connectivity index (χ3n) is 9.19. The summed E-state index contributed by atoms with van der Waals surface area (Å²) in [6, 6.07) is 21.9. The van der Waals surface area contributed by atoms with E-state index < -0.39 is 29.8 Å². The zero-order valence-electron chi connectivity index (χ0n) is 28.9. The molecule has 2 aromatic heterocycles. The molecule has 0 fully saturated rings. The smallest absolute Gasteiger partial charge is 0.397 e. The Bertz CT molecular complexity index is 2180. The van der Waals surface area contributed by atoms with Crippen molar-refractivity contribution < 1.29 is 27.5 Å². The van der Waals surface area contributed by atoms with Crippen molar-refractivity contribution in [2.24, 2.45) is 5.41 Å².